The summed E-state index contributed by atoms with van der Waals surface area (Å²) in [5.41, 5.74) is 0.223. The van der Waals surface area contributed by atoms with Gasteiger partial charge in [0.2, 0.25) is 5.91 Å². The van der Waals surface area contributed by atoms with E-state index in [4.69, 9.17) is 0 Å². The second-order valence-electron chi connectivity index (χ2n) is 8.28. The van der Waals surface area contributed by atoms with Gasteiger partial charge in [0.1, 0.15) is 0 Å². The van der Waals surface area contributed by atoms with E-state index >= 15 is 0 Å². The molecule has 0 aromatic rings. The van der Waals surface area contributed by atoms with Crippen molar-refractivity contribution in [2.75, 3.05) is 20.7 Å². The molecule has 0 aromatic carbocycles. The van der Waals surface area contributed by atoms with Gasteiger partial charge in [-0.15, -0.1) is 0 Å². The van der Waals surface area contributed by atoms with E-state index in [1.54, 1.807) is 0 Å². The molecule has 4 saturated carbocycles. The molecule has 1 amide bonds. The minimum absolute atomic E-state index is 0.201. The highest BCUT2D eigenvalue weighted by atomic mass is 79.9. The van der Waals surface area contributed by atoms with Crippen LogP contribution in [0.3, 0.4) is 0 Å². The summed E-state index contributed by atoms with van der Waals surface area (Å²) in [6.07, 6.45) is 9.35. The van der Waals surface area contributed by atoms with Crippen LogP contribution in [0.2, 0.25) is 0 Å². The lowest BCUT2D eigenvalue weighted by atomic mass is 9.48. The molecule has 4 nitrogen and oxygen atoms in total. The Morgan fingerprint density at radius 1 is 1.22 bits per heavy atom. The van der Waals surface area contributed by atoms with Gasteiger partial charge in [-0.2, -0.15) is 0 Å². The van der Waals surface area contributed by atoms with E-state index in [1.165, 1.54) is 39.2 Å². The predicted octanol–water partition coefficient (Wildman–Crippen LogP) is 3.52. The van der Waals surface area contributed by atoms with Crippen molar-refractivity contribution >= 4 is 27.8 Å². The SMILES string of the molecule is COC(=O)CCCN(C)C(=O)CC12CC3CC(CC(Br)(C3)C1)C2. The van der Waals surface area contributed by atoms with E-state index in [0.717, 1.165) is 18.3 Å². The van der Waals surface area contributed by atoms with Gasteiger partial charge in [0.15, 0.2) is 0 Å². The summed E-state index contributed by atoms with van der Waals surface area (Å²) in [5.74, 6) is 1.67. The fourth-order valence-corrected chi connectivity index (χ4v) is 7.20. The Hall–Kier alpha value is -0.580. The standard InChI is InChI=1S/C18H28BrNO3/c1-20(5-3-4-16(22)23-2)15(21)11-17-7-13-6-14(8-17)10-18(19,9-13)12-17/h13-14H,3-12H2,1-2H3. The van der Waals surface area contributed by atoms with E-state index in [-0.39, 0.29) is 17.3 Å². The minimum atomic E-state index is -0.201. The highest BCUT2D eigenvalue weighted by Gasteiger charge is 2.57. The first-order chi connectivity index (χ1) is 10.8. The molecule has 0 aliphatic heterocycles. The average molecular weight is 386 g/mol. The van der Waals surface area contributed by atoms with Gasteiger partial charge in [0.25, 0.3) is 0 Å². The number of ether oxygens (including phenoxy) is 1. The Balaban J connectivity index is 1.54. The summed E-state index contributed by atoms with van der Waals surface area (Å²) in [6, 6.07) is 0. The van der Waals surface area contributed by atoms with Crippen LogP contribution in [0.5, 0.6) is 0 Å². The Bertz CT molecular complexity index is 479. The van der Waals surface area contributed by atoms with Crippen LogP contribution in [0.1, 0.15) is 57.8 Å². The molecule has 0 spiro atoms. The Kier molecular flexibility index (Phi) is 4.78. The van der Waals surface area contributed by atoms with Crippen LogP contribution in [0.4, 0.5) is 0 Å². The number of carbonyl (C=O) groups is 2. The predicted molar refractivity (Wildman–Crippen MR) is 92.3 cm³/mol. The fourth-order valence-electron chi connectivity index (χ4n) is 5.69. The number of alkyl halides is 1. The summed E-state index contributed by atoms with van der Waals surface area (Å²) in [6.45, 7) is 0.635. The van der Waals surface area contributed by atoms with Gasteiger partial charge in [-0.3, -0.25) is 9.59 Å². The number of halogens is 1. The van der Waals surface area contributed by atoms with Crippen molar-refractivity contribution in [2.45, 2.75) is 62.1 Å². The first-order valence-corrected chi connectivity index (χ1v) is 9.62. The van der Waals surface area contributed by atoms with Crippen LogP contribution < -0.4 is 0 Å². The quantitative estimate of drug-likeness (QED) is 0.518. The molecular weight excluding hydrogens is 358 g/mol. The number of hydrogen-bond acceptors (Lipinski definition) is 3. The van der Waals surface area contributed by atoms with Gasteiger partial charge in [-0.25, -0.2) is 0 Å². The molecule has 5 heteroatoms. The van der Waals surface area contributed by atoms with E-state index < -0.39 is 0 Å². The molecule has 130 valence electrons. The molecule has 23 heavy (non-hydrogen) atoms. The second-order valence-corrected chi connectivity index (χ2v) is 9.97. The summed E-state index contributed by atoms with van der Waals surface area (Å²) in [4.78, 5) is 25.6. The van der Waals surface area contributed by atoms with E-state index in [1.807, 2.05) is 11.9 Å². The van der Waals surface area contributed by atoms with Crippen molar-refractivity contribution in [3.8, 4) is 0 Å². The van der Waals surface area contributed by atoms with Gasteiger partial charge >= 0.3 is 5.97 Å². The van der Waals surface area contributed by atoms with Gasteiger partial charge < -0.3 is 9.64 Å². The number of amides is 1. The average Bonchev–Trinajstić information content (AvgIpc) is 2.43. The maximum absolute atomic E-state index is 12.7. The summed E-state index contributed by atoms with van der Waals surface area (Å²) >= 11 is 4.01. The van der Waals surface area contributed by atoms with Crippen molar-refractivity contribution in [1.29, 1.82) is 0 Å². The van der Waals surface area contributed by atoms with E-state index in [9.17, 15) is 9.59 Å². The number of nitrogens with zero attached hydrogens (tertiary/aromatic N) is 1. The third kappa shape index (κ3) is 3.75. The summed E-state index contributed by atoms with van der Waals surface area (Å²) in [7, 11) is 3.27. The third-order valence-corrected chi connectivity index (χ3v) is 7.09. The molecule has 0 saturated heterocycles. The number of rotatable bonds is 6. The maximum atomic E-state index is 12.7. The van der Waals surface area contributed by atoms with Crippen molar-refractivity contribution in [3.63, 3.8) is 0 Å². The minimum Gasteiger partial charge on any atom is -0.469 e. The molecule has 2 unspecified atom stereocenters. The Labute approximate surface area is 147 Å². The molecule has 4 aliphatic carbocycles. The molecule has 4 rings (SSSR count). The lowest BCUT2D eigenvalue weighted by Crippen LogP contribution is -2.54. The lowest BCUT2D eigenvalue weighted by Gasteiger charge is -2.60. The highest BCUT2D eigenvalue weighted by Crippen LogP contribution is 2.65. The zero-order valence-corrected chi connectivity index (χ0v) is 15.9. The van der Waals surface area contributed by atoms with Gasteiger partial charge in [-0.05, 0) is 62.2 Å². The van der Waals surface area contributed by atoms with Crippen molar-refractivity contribution in [1.82, 2.24) is 4.90 Å². The van der Waals surface area contributed by atoms with E-state index in [2.05, 4.69) is 20.7 Å². The van der Waals surface area contributed by atoms with Crippen LogP contribution in [-0.4, -0.2) is 41.8 Å². The molecule has 2 atom stereocenters. The van der Waals surface area contributed by atoms with Crippen molar-refractivity contribution in [3.05, 3.63) is 0 Å². The van der Waals surface area contributed by atoms with Crippen LogP contribution in [0.25, 0.3) is 0 Å². The second kappa shape index (κ2) is 6.38. The summed E-state index contributed by atoms with van der Waals surface area (Å²) < 4.78 is 4.95. The van der Waals surface area contributed by atoms with Gasteiger partial charge in [0.05, 0.1) is 7.11 Å². The van der Waals surface area contributed by atoms with Gasteiger partial charge in [0, 0.05) is 30.8 Å². The molecule has 4 bridgehead atoms. The first kappa shape index (κ1) is 17.2. The smallest absolute Gasteiger partial charge is 0.305 e. The molecule has 0 radical (unpaired) electrons. The molecule has 0 aromatic heterocycles. The first-order valence-electron chi connectivity index (χ1n) is 8.83. The fraction of sp³-hybridized carbons (Fsp3) is 0.889. The van der Waals surface area contributed by atoms with E-state index in [0.29, 0.717) is 30.1 Å². The Morgan fingerprint density at radius 2 is 1.87 bits per heavy atom. The lowest BCUT2D eigenvalue weighted by molar-refractivity contribution is -0.142. The zero-order valence-electron chi connectivity index (χ0n) is 14.3. The molecular formula is C18H28BrNO3. The largest absolute Gasteiger partial charge is 0.469 e. The highest BCUT2D eigenvalue weighted by molar-refractivity contribution is 9.10. The Morgan fingerprint density at radius 3 is 2.43 bits per heavy atom. The van der Waals surface area contributed by atoms with Crippen molar-refractivity contribution in [2.24, 2.45) is 17.3 Å². The zero-order chi connectivity index (χ0) is 16.7. The maximum Gasteiger partial charge on any atom is 0.305 e. The van der Waals surface area contributed by atoms with Crippen LogP contribution >= 0.6 is 15.9 Å². The molecule has 4 fully saturated rings. The van der Waals surface area contributed by atoms with Crippen LogP contribution in [0, 0.1) is 17.3 Å². The number of esters is 1. The molecule has 0 heterocycles. The van der Waals surface area contributed by atoms with Gasteiger partial charge in [-0.1, -0.05) is 15.9 Å². The normalized spacial score (nSPS) is 37.7. The molecule has 0 N–H and O–H groups in total. The number of hydrogen-bond donors (Lipinski definition) is 0. The van der Waals surface area contributed by atoms with Crippen molar-refractivity contribution < 1.29 is 14.3 Å². The number of methoxy groups -OCH3 is 1. The topological polar surface area (TPSA) is 46.6 Å². The molecule has 4 aliphatic rings. The summed E-state index contributed by atoms with van der Waals surface area (Å²) in [5, 5.41) is 0. The monoisotopic (exact) mass is 385 g/mol. The van der Waals surface area contributed by atoms with Crippen LogP contribution in [-0.2, 0) is 14.3 Å². The van der Waals surface area contributed by atoms with Crippen LogP contribution in [0.15, 0.2) is 0 Å². The number of carbonyl (C=O) groups excluding carboxylic acids is 2. The third-order valence-electron chi connectivity index (χ3n) is 6.16.